The van der Waals surface area contributed by atoms with Gasteiger partial charge in [-0.3, -0.25) is 4.79 Å². The van der Waals surface area contributed by atoms with Gasteiger partial charge in [-0.05, 0) is 76.8 Å². The van der Waals surface area contributed by atoms with Crippen molar-refractivity contribution in [2.75, 3.05) is 6.54 Å². The van der Waals surface area contributed by atoms with Crippen LogP contribution in [0.2, 0.25) is 12.1 Å². The number of hydrogen-bond donors (Lipinski definition) is 0. The van der Waals surface area contributed by atoms with E-state index in [0.717, 1.165) is 36.9 Å². The van der Waals surface area contributed by atoms with Crippen molar-refractivity contribution in [2.45, 2.75) is 157 Å². The number of rotatable bonds is 20. The first-order chi connectivity index (χ1) is 23.3. The summed E-state index contributed by atoms with van der Waals surface area (Å²) in [5.41, 5.74) is 8.03. The molecule has 0 aliphatic carbocycles. The number of amides is 1. The van der Waals surface area contributed by atoms with Gasteiger partial charge in [0.2, 0.25) is 0 Å². The molecule has 0 N–H and O–H groups in total. The molecule has 1 aromatic heterocycles. The zero-order valence-corrected chi connectivity index (χ0v) is 33.4. The van der Waals surface area contributed by atoms with Crippen molar-refractivity contribution in [3.63, 3.8) is 0 Å². The van der Waals surface area contributed by atoms with E-state index < -0.39 is 8.07 Å². The number of nitrogens with zero attached hydrogens (tertiary/aromatic N) is 1. The summed E-state index contributed by atoms with van der Waals surface area (Å²) >= 11 is 1.87. The lowest BCUT2D eigenvalue weighted by Gasteiger charge is -2.37. The van der Waals surface area contributed by atoms with Gasteiger partial charge >= 0.3 is 0 Å². The number of unbranched alkanes of at least 4 members (excludes halogenated alkanes) is 7. The molecule has 3 heterocycles. The van der Waals surface area contributed by atoms with Gasteiger partial charge in [0.05, 0.1) is 5.56 Å². The van der Waals surface area contributed by atoms with Crippen molar-refractivity contribution < 1.29 is 4.79 Å². The third kappa shape index (κ3) is 7.75. The third-order valence-electron chi connectivity index (χ3n) is 12.0. The maximum atomic E-state index is 14.1. The predicted molar refractivity (Wildman–Crippen MR) is 214 cm³/mol. The standard InChI is InChI=1S/C44H65NOSSi/c1-8-13-16-17-18-19-26-45-29-39-33(7)47-43(42(39)44(45)46)36-23-25-38-37-24-22-32(6)27-40(37)48(41(38)28-36,30-34(11-4)20-14-9-2)31-35(12-5)21-15-10-3/h22-25,27-28,34-35H,8-21,26,29-31H2,1-7H3. The highest BCUT2D eigenvalue weighted by molar-refractivity contribution is 7.16. The molecule has 2 aliphatic heterocycles. The molecule has 262 valence electrons. The molecule has 2 nitrogen and oxygen atoms in total. The van der Waals surface area contributed by atoms with E-state index in [1.807, 2.05) is 11.3 Å². The van der Waals surface area contributed by atoms with E-state index in [9.17, 15) is 4.79 Å². The molecule has 0 bridgehead atoms. The van der Waals surface area contributed by atoms with Crippen LogP contribution in [0.1, 0.15) is 151 Å². The van der Waals surface area contributed by atoms with Gasteiger partial charge in [-0.2, -0.15) is 0 Å². The van der Waals surface area contributed by atoms with Crippen molar-refractivity contribution in [3.8, 4) is 21.6 Å². The van der Waals surface area contributed by atoms with Crippen LogP contribution in [0.3, 0.4) is 0 Å². The van der Waals surface area contributed by atoms with Crippen LogP contribution in [-0.4, -0.2) is 25.4 Å². The molecule has 2 aliphatic rings. The zero-order chi connectivity index (χ0) is 34.3. The summed E-state index contributed by atoms with van der Waals surface area (Å²) in [5, 5.41) is 3.40. The van der Waals surface area contributed by atoms with Crippen LogP contribution < -0.4 is 10.4 Å². The van der Waals surface area contributed by atoms with E-state index in [-0.39, 0.29) is 5.91 Å². The normalized spacial score (nSPS) is 17.9. The molecule has 0 fully saturated rings. The number of hydrogen-bond acceptors (Lipinski definition) is 2. The molecule has 5 rings (SSSR count). The largest absolute Gasteiger partial charge is 0.334 e. The van der Waals surface area contributed by atoms with Gasteiger partial charge in [-0.15, -0.1) is 11.3 Å². The Bertz CT molecular complexity index is 1500. The van der Waals surface area contributed by atoms with Gasteiger partial charge in [-0.25, -0.2) is 0 Å². The fourth-order valence-electron chi connectivity index (χ4n) is 9.03. The molecule has 2 aromatic carbocycles. The molecule has 1 amide bonds. The SMILES string of the molecule is CCCCCCCCN1Cc2c(C)sc(-c3ccc4c(c3)[Si](CC(CC)CCCC)(CC(CC)CCCC)c3cc(C)ccc3-4)c2C1=O. The molecule has 2 atom stereocenters. The first kappa shape index (κ1) is 37.1. The molecule has 4 heteroatoms. The average molecular weight is 684 g/mol. The van der Waals surface area contributed by atoms with Crippen LogP contribution in [0, 0.1) is 25.7 Å². The zero-order valence-electron chi connectivity index (χ0n) is 31.6. The lowest BCUT2D eigenvalue weighted by atomic mass is 10.0. The van der Waals surface area contributed by atoms with Crippen molar-refractivity contribution in [1.29, 1.82) is 0 Å². The number of fused-ring (bicyclic) bond motifs is 4. The highest BCUT2D eigenvalue weighted by atomic mass is 32.1. The first-order valence-corrected chi connectivity index (χ1v) is 23.2. The molecule has 0 saturated carbocycles. The minimum atomic E-state index is -2.11. The third-order valence-corrected chi connectivity index (χ3v) is 18.6. The van der Waals surface area contributed by atoms with Gasteiger partial charge in [0.25, 0.3) is 5.91 Å². The van der Waals surface area contributed by atoms with E-state index in [1.54, 1.807) is 10.4 Å². The highest BCUT2D eigenvalue weighted by Crippen LogP contribution is 2.45. The van der Waals surface area contributed by atoms with Crippen LogP contribution in [0.15, 0.2) is 36.4 Å². The van der Waals surface area contributed by atoms with Gasteiger partial charge in [0, 0.05) is 22.8 Å². The molecule has 3 aromatic rings. The topological polar surface area (TPSA) is 20.3 Å². The highest BCUT2D eigenvalue weighted by Gasteiger charge is 2.47. The van der Waals surface area contributed by atoms with Crippen LogP contribution in [0.4, 0.5) is 0 Å². The summed E-state index contributed by atoms with van der Waals surface area (Å²) in [5.74, 6) is 1.82. The number of thiophene rings is 1. The van der Waals surface area contributed by atoms with Crippen molar-refractivity contribution >= 4 is 35.7 Å². The number of carbonyl (C=O) groups excluding carboxylic acids is 1. The Morgan fingerprint density at radius 3 is 1.94 bits per heavy atom. The van der Waals surface area contributed by atoms with Crippen molar-refractivity contribution in [3.05, 3.63) is 58.0 Å². The number of carbonyl (C=O) groups is 1. The smallest absolute Gasteiger partial charge is 0.256 e. The maximum Gasteiger partial charge on any atom is 0.256 e. The van der Waals surface area contributed by atoms with Crippen molar-refractivity contribution in [1.82, 2.24) is 4.90 Å². The summed E-state index contributed by atoms with van der Waals surface area (Å²) in [7, 11) is -2.11. The Hall–Kier alpha value is -2.17. The quantitative estimate of drug-likeness (QED) is 0.0857. The lowest BCUT2D eigenvalue weighted by Crippen LogP contribution is -2.57. The Kier molecular flexibility index (Phi) is 13.3. The van der Waals surface area contributed by atoms with Crippen molar-refractivity contribution in [2.24, 2.45) is 11.8 Å². The molecular formula is C44H65NOSSi. The summed E-state index contributed by atoms with van der Waals surface area (Å²) < 4.78 is 0. The van der Waals surface area contributed by atoms with Gasteiger partial charge in [0.15, 0.2) is 0 Å². The minimum Gasteiger partial charge on any atom is -0.334 e. The second-order valence-corrected chi connectivity index (χ2v) is 20.8. The number of benzene rings is 2. The molecule has 0 radical (unpaired) electrons. The molecule has 0 spiro atoms. The fourth-order valence-corrected chi connectivity index (χ4v) is 16.9. The monoisotopic (exact) mass is 683 g/mol. The Balaban J connectivity index is 1.56. The average Bonchev–Trinajstić information content (AvgIpc) is 3.69. The van der Waals surface area contributed by atoms with Crippen LogP contribution >= 0.6 is 11.3 Å². The summed E-state index contributed by atoms with van der Waals surface area (Å²) in [6.45, 7) is 18.1. The fraction of sp³-hybridized carbons (Fsp3) is 0.614. The predicted octanol–water partition coefficient (Wildman–Crippen LogP) is 12.3. The Morgan fingerprint density at radius 1 is 0.729 bits per heavy atom. The van der Waals surface area contributed by atoms with Gasteiger partial charge in [-0.1, -0.05) is 160 Å². The van der Waals surface area contributed by atoms with Crippen LogP contribution in [0.5, 0.6) is 0 Å². The minimum absolute atomic E-state index is 0.275. The molecular weight excluding hydrogens is 619 g/mol. The van der Waals surface area contributed by atoms with E-state index in [0.29, 0.717) is 0 Å². The maximum absolute atomic E-state index is 14.1. The molecule has 48 heavy (non-hydrogen) atoms. The van der Waals surface area contributed by atoms with E-state index in [4.69, 9.17) is 0 Å². The van der Waals surface area contributed by atoms with Crippen LogP contribution in [-0.2, 0) is 6.54 Å². The van der Waals surface area contributed by atoms with E-state index in [1.165, 1.54) is 133 Å². The molecule has 2 unspecified atom stereocenters. The lowest BCUT2D eigenvalue weighted by molar-refractivity contribution is 0.0776. The Labute approximate surface area is 299 Å². The summed E-state index contributed by atoms with van der Waals surface area (Å²) in [4.78, 5) is 18.8. The van der Waals surface area contributed by atoms with Gasteiger partial charge in [0.1, 0.15) is 8.07 Å². The summed E-state index contributed by atoms with van der Waals surface area (Å²) in [6, 6.07) is 17.6. The molecule has 0 saturated heterocycles. The second-order valence-electron chi connectivity index (χ2n) is 15.5. The second kappa shape index (κ2) is 17.2. The van der Waals surface area contributed by atoms with E-state index in [2.05, 4.69) is 89.8 Å². The van der Waals surface area contributed by atoms with Gasteiger partial charge < -0.3 is 4.90 Å². The van der Waals surface area contributed by atoms with Crippen LogP contribution in [0.25, 0.3) is 21.6 Å². The number of aryl methyl sites for hydroxylation is 2. The summed E-state index contributed by atoms with van der Waals surface area (Å²) in [6.07, 6.45) is 18.1. The van der Waals surface area contributed by atoms with E-state index >= 15 is 0 Å². The Morgan fingerprint density at radius 2 is 1.31 bits per heavy atom. The first-order valence-electron chi connectivity index (χ1n) is 20.0.